The van der Waals surface area contributed by atoms with Gasteiger partial charge in [0.2, 0.25) is 0 Å². The Morgan fingerprint density at radius 1 is 0.133 bits per heavy atom. The molecule has 0 atom stereocenters. The highest BCUT2D eigenvalue weighted by Crippen LogP contribution is 2.41. The zero-order chi connectivity index (χ0) is 76.5. The number of hydrogen-bond donors (Lipinski definition) is 0. The molecular formula is C107H86N6. The lowest BCUT2D eigenvalue weighted by molar-refractivity contribution is 1.21. The minimum absolute atomic E-state index is 1.13. The van der Waals surface area contributed by atoms with E-state index < -0.39 is 0 Å². The molecule has 0 aliphatic rings. The normalized spacial score (nSPS) is 10.8. The van der Waals surface area contributed by atoms with E-state index in [2.05, 4.69) is 512 Å². The van der Waals surface area contributed by atoms with Crippen LogP contribution in [0, 0.1) is 0 Å². The summed E-state index contributed by atoms with van der Waals surface area (Å²) in [6.07, 6.45) is 0. The molecule has 0 saturated heterocycles. The third-order valence-corrected chi connectivity index (χ3v) is 20.8. The lowest BCUT2D eigenvalue weighted by Gasteiger charge is -2.25. The van der Waals surface area contributed by atoms with Gasteiger partial charge in [-0.1, -0.05) is 291 Å². The fourth-order valence-corrected chi connectivity index (χ4v) is 14.7. The molecule has 0 unspecified atom stereocenters. The summed E-state index contributed by atoms with van der Waals surface area (Å²) in [5, 5.41) is 5.03. The Morgan fingerprint density at radius 2 is 0.345 bits per heavy atom. The van der Waals surface area contributed by atoms with Crippen LogP contribution in [0.4, 0.5) is 85.3 Å². The molecule has 18 aromatic rings. The van der Waals surface area contributed by atoms with Crippen molar-refractivity contribution in [1.82, 2.24) is 0 Å². The molecule has 18 rings (SSSR count). The third-order valence-electron chi connectivity index (χ3n) is 20.8. The van der Waals surface area contributed by atoms with Crippen LogP contribution >= 0.6 is 0 Å². The van der Waals surface area contributed by atoms with Gasteiger partial charge in [0, 0.05) is 112 Å². The predicted molar refractivity (Wildman–Crippen MR) is 484 cm³/mol. The molecule has 0 radical (unpaired) electrons. The van der Waals surface area contributed by atoms with Gasteiger partial charge in [-0.3, -0.25) is 0 Å². The lowest BCUT2D eigenvalue weighted by Crippen LogP contribution is -2.09. The number of hydrogen-bond acceptors (Lipinski definition) is 6. The lowest BCUT2D eigenvalue weighted by atomic mass is 10.0. The van der Waals surface area contributed by atoms with Gasteiger partial charge in [0.15, 0.2) is 0 Å². The molecule has 0 heterocycles. The van der Waals surface area contributed by atoms with E-state index in [0.717, 1.165) is 73.9 Å². The molecule has 0 saturated carbocycles. The molecule has 544 valence electrons. The fraction of sp³-hybridized carbons (Fsp3) is 0.0280. The van der Waals surface area contributed by atoms with Crippen LogP contribution < -0.4 is 29.4 Å². The SMILES string of the molecule is CN(c1ccc(-c2ccc(N(c3ccccc3)c3ccccc3)cc2)cc1)c1ccc2ccccc2c1.CN(c1ccc(-c2ccc(N(c3ccccc3)c3ccccc3)cc2)cc1)c1cccc2ccccc12.CN(c1ccc(-c2ccccc2)cc1)c1ccc(-c2ccc(N(c3ccccc3)c3ccccc3)cc2)cc1. The van der Waals surface area contributed by atoms with Crippen LogP contribution in [0.25, 0.3) is 66.1 Å². The van der Waals surface area contributed by atoms with Gasteiger partial charge < -0.3 is 29.4 Å². The first-order valence-corrected chi connectivity index (χ1v) is 38.5. The van der Waals surface area contributed by atoms with Crippen molar-refractivity contribution in [3.05, 3.63) is 467 Å². The molecule has 0 bridgehead atoms. The van der Waals surface area contributed by atoms with Crippen molar-refractivity contribution in [3.8, 4) is 44.5 Å². The van der Waals surface area contributed by atoms with Crippen LogP contribution in [0.2, 0.25) is 0 Å². The van der Waals surface area contributed by atoms with Crippen molar-refractivity contribution in [2.45, 2.75) is 0 Å². The Balaban J connectivity index is 0.000000128. The van der Waals surface area contributed by atoms with Gasteiger partial charge >= 0.3 is 0 Å². The molecule has 0 aliphatic heterocycles. The molecule has 0 aromatic heterocycles. The van der Waals surface area contributed by atoms with E-state index in [-0.39, 0.29) is 0 Å². The van der Waals surface area contributed by atoms with E-state index >= 15 is 0 Å². The molecule has 6 heteroatoms. The second-order valence-corrected chi connectivity index (χ2v) is 27.9. The molecule has 0 aliphatic carbocycles. The van der Waals surface area contributed by atoms with E-state index in [1.165, 1.54) is 77.4 Å². The summed E-state index contributed by atoms with van der Waals surface area (Å²) < 4.78 is 0. The first-order valence-electron chi connectivity index (χ1n) is 38.5. The van der Waals surface area contributed by atoms with Gasteiger partial charge in [-0.15, -0.1) is 0 Å². The van der Waals surface area contributed by atoms with Gasteiger partial charge in [0.25, 0.3) is 0 Å². The van der Waals surface area contributed by atoms with Gasteiger partial charge in [-0.2, -0.15) is 0 Å². The van der Waals surface area contributed by atoms with Crippen LogP contribution in [-0.4, -0.2) is 21.1 Å². The van der Waals surface area contributed by atoms with Crippen LogP contribution in [-0.2, 0) is 0 Å². The first kappa shape index (κ1) is 72.5. The number of para-hydroxylation sites is 6. The highest BCUT2D eigenvalue weighted by molar-refractivity contribution is 5.96. The topological polar surface area (TPSA) is 19.4 Å². The van der Waals surface area contributed by atoms with Gasteiger partial charge in [0.1, 0.15) is 0 Å². The summed E-state index contributed by atoms with van der Waals surface area (Å²) in [5.41, 5.74) is 26.9. The highest BCUT2D eigenvalue weighted by atomic mass is 15.2. The Bertz CT molecular complexity index is 5890. The number of benzene rings is 18. The largest absolute Gasteiger partial charge is 0.345 e. The van der Waals surface area contributed by atoms with E-state index in [9.17, 15) is 0 Å². The third kappa shape index (κ3) is 16.9. The summed E-state index contributed by atoms with van der Waals surface area (Å²) in [5.74, 6) is 0. The maximum absolute atomic E-state index is 2.28. The van der Waals surface area contributed by atoms with Crippen LogP contribution in [0.5, 0.6) is 0 Å². The van der Waals surface area contributed by atoms with Crippen LogP contribution in [0.15, 0.2) is 467 Å². The number of fused-ring (bicyclic) bond motifs is 2. The zero-order valence-electron chi connectivity index (χ0n) is 63.6. The van der Waals surface area contributed by atoms with E-state index in [1.54, 1.807) is 0 Å². The second-order valence-electron chi connectivity index (χ2n) is 27.9. The maximum atomic E-state index is 2.28. The molecular weight excluding hydrogens is 1370 g/mol. The van der Waals surface area contributed by atoms with Crippen molar-refractivity contribution < 1.29 is 0 Å². The molecule has 0 spiro atoms. The summed E-state index contributed by atoms with van der Waals surface area (Å²) >= 11 is 0. The second kappa shape index (κ2) is 34.7. The minimum Gasteiger partial charge on any atom is -0.345 e. The Kier molecular flexibility index (Phi) is 22.2. The van der Waals surface area contributed by atoms with Gasteiger partial charge in [0.05, 0.1) is 0 Å². The smallest absolute Gasteiger partial charge is 0.0487 e. The van der Waals surface area contributed by atoms with Crippen LogP contribution in [0.1, 0.15) is 0 Å². The maximum Gasteiger partial charge on any atom is 0.0487 e. The van der Waals surface area contributed by atoms with Crippen LogP contribution in [0.3, 0.4) is 0 Å². The number of rotatable bonds is 19. The molecule has 113 heavy (non-hydrogen) atoms. The summed E-state index contributed by atoms with van der Waals surface area (Å²) in [6.45, 7) is 0. The summed E-state index contributed by atoms with van der Waals surface area (Å²) in [4.78, 5) is 13.6. The van der Waals surface area contributed by atoms with Crippen molar-refractivity contribution in [1.29, 1.82) is 0 Å². The fourth-order valence-electron chi connectivity index (χ4n) is 14.7. The number of anilines is 15. The summed E-state index contributed by atoms with van der Waals surface area (Å²) in [7, 11) is 6.37. The van der Waals surface area contributed by atoms with Crippen molar-refractivity contribution in [3.63, 3.8) is 0 Å². The molecule has 0 amide bonds. The van der Waals surface area contributed by atoms with E-state index in [1.807, 2.05) is 6.07 Å². The molecule has 6 nitrogen and oxygen atoms in total. The highest BCUT2D eigenvalue weighted by Gasteiger charge is 2.18. The average Bonchev–Trinajstić information content (AvgIpc) is 0.811. The predicted octanol–water partition coefficient (Wildman–Crippen LogP) is 29.7. The Morgan fingerprint density at radius 3 is 0.664 bits per heavy atom. The van der Waals surface area contributed by atoms with E-state index in [0.29, 0.717) is 0 Å². The van der Waals surface area contributed by atoms with Gasteiger partial charge in [-0.25, -0.2) is 0 Å². The molecule has 0 N–H and O–H groups in total. The quantitative estimate of drug-likeness (QED) is 0.0798. The van der Waals surface area contributed by atoms with Crippen molar-refractivity contribution in [2.24, 2.45) is 0 Å². The standard InChI is InChI=1S/C37H30N2.2C35H28N2/c1-38(33-23-17-30(18-24-33)29-11-5-2-6-12-29)34-25-19-31(20-26-34)32-21-27-37(28-22-32)39(35-13-7-3-8-14-35)36-15-9-4-10-16-36;1-36(35-18-10-12-29-11-8-9-17-34(29)35)30-23-19-27(20-24-30)28-21-25-33(26-22-28)37(31-13-4-2-5-14-31)32-15-6-3-7-16-32;1-36(35-25-20-27-10-8-9-11-30(27)26-35)31-21-16-28(17-22-31)29-18-23-34(24-19-29)37(32-12-4-2-5-13-32)33-14-6-3-7-15-33/h2-28H,1H3;2*2-26H,1H3. The van der Waals surface area contributed by atoms with Crippen molar-refractivity contribution >= 4 is 107 Å². The van der Waals surface area contributed by atoms with E-state index in [4.69, 9.17) is 0 Å². The Hall–Kier alpha value is -14.7. The first-order chi connectivity index (χ1) is 55.8. The van der Waals surface area contributed by atoms with Gasteiger partial charge in [-0.05, 0) is 237 Å². The average molecular weight is 1460 g/mol. The number of nitrogens with zero attached hydrogens (tertiary/aromatic N) is 6. The monoisotopic (exact) mass is 1450 g/mol. The Labute approximate surface area is 664 Å². The molecule has 18 aromatic carbocycles. The minimum atomic E-state index is 1.13. The van der Waals surface area contributed by atoms with Crippen molar-refractivity contribution in [2.75, 3.05) is 50.5 Å². The molecule has 0 fully saturated rings. The summed E-state index contributed by atoms with van der Waals surface area (Å²) in [6, 6.07) is 165. The zero-order valence-corrected chi connectivity index (χ0v) is 63.6.